The van der Waals surface area contributed by atoms with Crippen LogP contribution >= 0.6 is 0 Å². The van der Waals surface area contributed by atoms with Crippen molar-refractivity contribution >= 4 is 15.7 Å². The number of carbonyl (C=O) groups excluding carboxylic acids is 1. The second kappa shape index (κ2) is 8.30. The fourth-order valence-corrected chi connectivity index (χ4v) is 2.99. The summed E-state index contributed by atoms with van der Waals surface area (Å²) in [7, 11) is -3.23. The Labute approximate surface area is 158 Å². The summed E-state index contributed by atoms with van der Waals surface area (Å²) < 4.78 is 28.0. The van der Waals surface area contributed by atoms with Gasteiger partial charge in [-0.1, -0.05) is 30.7 Å². The summed E-state index contributed by atoms with van der Waals surface area (Å²) in [5.41, 5.74) is 0.203. The molecule has 3 rings (SSSR count). The highest BCUT2D eigenvalue weighted by atomic mass is 32.2. The van der Waals surface area contributed by atoms with E-state index in [-0.39, 0.29) is 18.0 Å². The molecule has 0 unspecified atom stereocenters. The third-order valence-electron chi connectivity index (χ3n) is 4.17. The molecule has 0 atom stereocenters. The van der Waals surface area contributed by atoms with Crippen molar-refractivity contribution in [3.8, 4) is 11.6 Å². The van der Waals surface area contributed by atoms with E-state index in [0.717, 1.165) is 30.9 Å². The Morgan fingerprint density at radius 2 is 2.04 bits per heavy atom. The van der Waals surface area contributed by atoms with Gasteiger partial charge in [-0.3, -0.25) is 4.79 Å². The molecule has 7 nitrogen and oxygen atoms in total. The van der Waals surface area contributed by atoms with Crippen molar-refractivity contribution in [1.29, 1.82) is 0 Å². The van der Waals surface area contributed by atoms with Crippen LogP contribution in [-0.2, 0) is 9.84 Å². The number of nitrogens with zero attached hydrogens (tertiary/aromatic N) is 2. The molecule has 0 saturated heterocycles. The second-order valence-corrected chi connectivity index (χ2v) is 8.33. The maximum absolute atomic E-state index is 12.5. The molecule has 0 bridgehead atoms. The lowest BCUT2D eigenvalue weighted by Gasteiger charge is -2.24. The maximum Gasteiger partial charge on any atom is 0.258 e. The van der Waals surface area contributed by atoms with E-state index in [2.05, 4.69) is 15.3 Å². The van der Waals surface area contributed by atoms with Gasteiger partial charge in [0.2, 0.25) is 5.88 Å². The van der Waals surface area contributed by atoms with Gasteiger partial charge in [0.15, 0.2) is 9.84 Å². The first kappa shape index (κ1) is 19.0. The zero-order valence-electron chi connectivity index (χ0n) is 15.0. The molecule has 1 aliphatic carbocycles. The highest BCUT2D eigenvalue weighted by Crippen LogP contribution is 2.35. The van der Waals surface area contributed by atoms with Crippen molar-refractivity contribution < 1.29 is 17.9 Å². The molecule has 8 heteroatoms. The van der Waals surface area contributed by atoms with Gasteiger partial charge in [0.05, 0.1) is 0 Å². The number of hydrogen-bond acceptors (Lipinski definition) is 6. The minimum Gasteiger partial charge on any atom is -0.438 e. The van der Waals surface area contributed by atoms with Gasteiger partial charge in [0, 0.05) is 30.3 Å². The van der Waals surface area contributed by atoms with Crippen LogP contribution in [0.4, 0.5) is 0 Å². The number of ether oxygens (including phenoxy) is 1. The Hall–Kier alpha value is -2.74. The van der Waals surface area contributed by atoms with Gasteiger partial charge < -0.3 is 10.1 Å². The normalized spacial score (nSPS) is 14.7. The van der Waals surface area contributed by atoms with Crippen molar-refractivity contribution in [2.24, 2.45) is 0 Å². The van der Waals surface area contributed by atoms with E-state index >= 15 is 0 Å². The molecule has 2 aromatic rings. The molecule has 1 fully saturated rings. The van der Waals surface area contributed by atoms with E-state index in [1.807, 2.05) is 18.2 Å². The molecule has 1 aliphatic rings. The summed E-state index contributed by atoms with van der Waals surface area (Å²) in [5, 5.41) is 3.67. The third kappa shape index (κ3) is 5.37. The van der Waals surface area contributed by atoms with Crippen molar-refractivity contribution in [1.82, 2.24) is 15.3 Å². The Bertz CT molecular complexity index is 939. The van der Waals surface area contributed by atoms with Gasteiger partial charge in [-0.05, 0) is 25.0 Å². The van der Waals surface area contributed by atoms with E-state index in [9.17, 15) is 13.2 Å². The summed E-state index contributed by atoms with van der Waals surface area (Å²) >= 11 is 0. The predicted octanol–water partition coefficient (Wildman–Crippen LogP) is 2.82. The van der Waals surface area contributed by atoms with Crippen LogP contribution in [0.25, 0.3) is 0 Å². The first-order valence-corrected chi connectivity index (χ1v) is 10.6. The van der Waals surface area contributed by atoms with Gasteiger partial charge in [-0.2, -0.15) is 4.98 Å². The average Bonchev–Trinajstić information content (AvgIpc) is 2.57. The third-order valence-corrected chi connectivity index (χ3v) is 4.86. The molecule has 1 aromatic carbocycles. The molecule has 0 radical (unpaired) electrons. The largest absolute Gasteiger partial charge is 0.438 e. The summed E-state index contributed by atoms with van der Waals surface area (Å²) in [6, 6.07) is 9.09. The minimum atomic E-state index is -3.23. The van der Waals surface area contributed by atoms with Crippen LogP contribution in [0.2, 0.25) is 0 Å². The van der Waals surface area contributed by atoms with E-state index in [1.165, 1.54) is 12.3 Å². The number of benzene rings is 1. The molecule has 27 heavy (non-hydrogen) atoms. The summed E-state index contributed by atoms with van der Waals surface area (Å²) in [4.78, 5) is 21.3. The lowest BCUT2D eigenvalue weighted by atomic mass is 9.85. The van der Waals surface area contributed by atoms with Gasteiger partial charge in [-0.25, -0.2) is 13.4 Å². The molecule has 1 N–H and O–H groups in total. The highest BCUT2D eigenvalue weighted by molar-refractivity contribution is 7.93. The van der Waals surface area contributed by atoms with E-state index < -0.39 is 15.7 Å². The number of para-hydroxylation sites is 1. The number of rotatable bonds is 7. The first-order chi connectivity index (χ1) is 12.9. The lowest BCUT2D eigenvalue weighted by Crippen LogP contribution is -2.25. The summed E-state index contributed by atoms with van der Waals surface area (Å²) in [6.45, 7) is 0.0705. The zero-order valence-corrected chi connectivity index (χ0v) is 15.8. The molecule has 1 heterocycles. The van der Waals surface area contributed by atoms with Gasteiger partial charge in [0.25, 0.3) is 5.91 Å². The van der Waals surface area contributed by atoms with E-state index in [4.69, 9.17) is 4.74 Å². The molecular formula is C19H21N3O4S. The number of sulfone groups is 1. The standard InChI is InChI=1S/C19H21N3O4S/c1-27(24,25)12-6-11-20-18(23)16-13-21-17(14-7-5-8-14)22-19(16)26-15-9-3-2-4-10-15/h2-4,6,9-10,12-14H,5,7-8,11H2,1H3,(H,20,23)/b12-6+. The van der Waals surface area contributed by atoms with E-state index in [1.54, 1.807) is 12.1 Å². The van der Waals surface area contributed by atoms with Crippen LogP contribution in [0.15, 0.2) is 48.0 Å². The zero-order chi connectivity index (χ0) is 19.3. The molecule has 1 aromatic heterocycles. The summed E-state index contributed by atoms with van der Waals surface area (Å²) in [5.74, 6) is 1.32. The highest BCUT2D eigenvalue weighted by Gasteiger charge is 2.25. The monoisotopic (exact) mass is 387 g/mol. The number of hydrogen-bond donors (Lipinski definition) is 1. The smallest absolute Gasteiger partial charge is 0.258 e. The van der Waals surface area contributed by atoms with Crippen molar-refractivity contribution in [2.45, 2.75) is 25.2 Å². The average molecular weight is 387 g/mol. The summed E-state index contributed by atoms with van der Waals surface area (Å²) in [6.07, 6.45) is 7.14. The molecule has 142 valence electrons. The van der Waals surface area contributed by atoms with Crippen molar-refractivity contribution in [3.63, 3.8) is 0 Å². The van der Waals surface area contributed by atoms with Gasteiger partial charge in [0.1, 0.15) is 17.1 Å². The van der Waals surface area contributed by atoms with Crippen molar-refractivity contribution in [3.05, 3.63) is 59.4 Å². The Morgan fingerprint density at radius 1 is 1.30 bits per heavy atom. The van der Waals surface area contributed by atoms with Crippen LogP contribution in [0.1, 0.15) is 41.4 Å². The molecule has 1 amide bonds. The maximum atomic E-state index is 12.5. The molecule has 1 saturated carbocycles. The van der Waals surface area contributed by atoms with E-state index in [0.29, 0.717) is 17.5 Å². The fraction of sp³-hybridized carbons (Fsp3) is 0.316. The van der Waals surface area contributed by atoms with Crippen molar-refractivity contribution in [2.75, 3.05) is 12.8 Å². The predicted molar refractivity (Wildman–Crippen MR) is 101 cm³/mol. The van der Waals surface area contributed by atoms with Crippen LogP contribution in [0.5, 0.6) is 11.6 Å². The lowest BCUT2D eigenvalue weighted by molar-refractivity contribution is 0.0954. The van der Waals surface area contributed by atoms with Crippen LogP contribution < -0.4 is 10.1 Å². The number of amides is 1. The Balaban J connectivity index is 1.79. The molecule has 0 aliphatic heterocycles. The SMILES string of the molecule is CS(=O)(=O)/C=C/CNC(=O)c1cnc(C2CCC2)nc1Oc1ccccc1. The Morgan fingerprint density at radius 3 is 2.67 bits per heavy atom. The Kier molecular flexibility index (Phi) is 5.85. The number of nitrogens with one attached hydrogen (secondary N) is 1. The number of aromatic nitrogens is 2. The number of carbonyl (C=O) groups is 1. The van der Waals surface area contributed by atoms with Crippen LogP contribution in [-0.4, -0.2) is 37.1 Å². The fourth-order valence-electron chi connectivity index (χ4n) is 2.55. The van der Waals surface area contributed by atoms with Crippen LogP contribution in [0, 0.1) is 0 Å². The molecule has 0 spiro atoms. The quantitative estimate of drug-likeness (QED) is 0.784. The molecular weight excluding hydrogens is 366 g/mol. The first-order valence-electron chi connectivity index (χ1n) is 8.67. The van der Waals surface area contributed by atoms with Gasteiger partial charge in [-0.15, -0.1) is 0 Å². The minimum absolute atomic E-state index is 0.0705. The van der Waals surface area contributed by atoms with Crippen LogP contribution in [0.3, 0.4) is 0 Å². The topological polar surface area (TPSA) is 98.2 Å². The van der Waals surface area contributed by atoms with Gasteiger partial charge >= 0.3 is 0 Å². The second-order valence-electron chi connectivity index (χ2n) is 6.40.